The van der Waals surface area contributed by atoms with Gasteiger partial charge >= 0.3 is 0 Å². The molecule has 1 aromatic rings. The predicted molar refractivity (Wildman–Crippen MR) is 75.2 cm³/mol. The van der Waals surface area contributed by atoms with Crippen LogP contribution in [0.5, 0.6) is 0 Å². The largest absolute Gasteiger partial charge is 0.313 e. The fourth-order valence-electron chi connectivity index (χ4n) is 2.84. The number of carbonyl (C=O) groups is 1. The molecular weight excluding hydrogens is 238 g/mol. The molecule has 19 heavy (non-hydrogen) atoms. The van der Waals surface area contributed by atoms with Crippen LogP contribution < -0.4 is 0 Å². The summed E-state index contributed by atoms with van der Waals surface area (Å²) in [6, 6.07) is 9.45. The number of hydrogen-bond donors (Lipinski definition) is 1. The number of carbonyl (C=O) groups excluding carboxylic acids is 1. The van der Waals surface area contributed by atoms with Crippen LogP contribution in [0.4, 0.5) is 0 Å². The Morgan fingerprint density at radius 1 is 1.21 bits per heavy atom. The van der Waals surface area contributed by atoms with E-state index in [-0.39, 0.29) is 22.7 Å². The van der Waals surface area contributed by atoms with Crippen molar-refractivity contribution in [3.8, 4) is 0 Å². The number of ketones is 1. The minimum Gasteiger partial charge on any atom is -0.313 e. The second kappa shape index (κ2) is 4.73. The van der Waals surface area contributed by atoms with Crippen molar-refractivity contribution in [2.75, 3.05) is 6.54 Å². The van der Waals surface area contributed by atoms with Gasteiger partial charge in [-0.15, -0.1) is 0 Å². The molecule has 0 saturated carbocycles. The molecule has 1 saturated heterocycles. The lowest BCUT2D eigenvalue weighted by Gasteiger charge is -2.49. The van der Waals surface area contributed by atoms with Crippen molar-refractivity contribution in [1.29, 1.82) is 0 Å². The van der Waals surface area contributed by atoms with E-state index in [2.05, 4.69) is 13.8 Å². The molecule has 2 rings (SSSR count). The number of nitrogens with zero attached hydrogens (tertiary/aromatic N) is 1. The van der Waals surface area contributed by atoms with Crippen molar-refractivity contribution in [1.82, 2.24) is 5.06 Å². The van der Waals surface area contributed by atoms with Crippen LogP contribution in [0.25, 0.3) is 0 Å². The molecule has 0 spiro atoms. The molecule has 0 amide bonds. The van der Waals surface area contributed by atoms with Crippen LogP contribution in [0.3, 0.4) is 0 Å². The van der Waals surface area contributed by atoms with Crippen LogP contribution in [0.1, 0.15) is 44.5 Å². The van der Waals surface area contributed by atoms with Crippen molar-refractivity contribution in [2.45, 2.75) is 39.7 Å². The van der Waals surface area contributed by atoms with Crippen molar-refractivity contribution >= 4 is 5.78 Å². The van der Waals surface area contributed by atoms with Crippen molar-refractivity contribution in [3.05, 3.63) is 35.9 Å². The summed E-state index contributed by atoms with van der Waals surface area (Å²) in [6.07, 6.45) is 0.671. The van der Waals surface area contributed by atoms with Gasteiger partial charge in [0.15, 0.2) is 5.78 Å². The molecular formula is C16H23NO2. The standard InChI is InChI=1S/C16H23NO2/c1-15(2)11-17(19)16(3,4)10-13(15)14(18)12-8-6-5-7-9-12/h5-9,13,19H,10-11H2,1-4H3. The van der Waals surface area contributed by atoms with Crippen molar-refractivity contribution in [2.24, 2.45) is 11.3 Å². The lowest BCUT2D eigenvalue weighted by molar-refractivity contribution is -0.211. The Labute approximate surface area is 115 Å². The van der Waals surface area contributed by atoms with E-state index in [1.54, 1.807) is 0 Å². The highest BCUT2D eigenvalue weighted by Gasteiger charge is 2.47. The summed E-state index contributed by atoms with van der Waals surface area (Å²) >= 11 is 0. The molecule has 1 aromatic carbocycles. The number of benzene rings is 1. The van der Waals surface area contributed by atoms with E-state index in [1.165, 1.54) is 5.06 Å². The molecule has 1 aliphatic heterocycles. The van der Waals surface area contributed by atoms with E-state index in [1.807, 2.05) is 44.2 Å². The van der Waals surface area contributed by atoms with Gasteiger partial charge in [-0.1, -0.05) is 44.2 Å². The highest BCUT2D eigenvalue weighted by atomic mass is 16.5. The summed E-state index contributed by atoms with van der Waals surface area (Å²) in [6.45, 7) is 8.58. The molecule has 0 bridgehead atoms. The summed E-state index contributed by atoms with van der Waals surface area (Å²) in [7, 11) is 0. The summed E-state index contributed by atoms with van der Waals surface area (Å²) < 4.78 is 0. The average Bonchev–Trinajstić information content (AvgIpc) is 2.34. The first-order valence-corrected chi connectivity index (χ1v) is 6.80. The van der Waals surface area contributed by atoms with E-state index in [0.717, 1.165) is 5.56 Å². The first kappa shape index (κ1) is 14.2. The third kappa shape index (κ3) is 2.72. The maximum absolute atomic E-state index is 12.7. The second-order valence-electron chi connectivity index (χ2n) is 6.85. The normalized spacial score (nSPS) is 26.1. The highest BCUT2D eigenvalue weighted by Crippen LogP contribution is 2.42. The molecule has 3 nitrogen and oxygen atoms in total. The highest BCUT2D eigenvalue weighted by molar-refractivity contribution is 5.98. The Hall–Kier alpha value is -1.19. The van der Waals surface area contributed by atoms with Crippen LogP contribution in [0.2, 0.25) is 0 Å². The van der Waals surface area contributed by atoms with Gasteiger partial charge in [-0.25, -0.2) is 0 Å². The van der Waals surface area contributed by atoms with Gasteiger partial charge in [-0.2, -0.15) is 5.06 Å². The molecule has 0 aromatic heterocycles. The number of hydroxylamine groups is 2. The van der Waals surface area contributed by atoms with Crippen LogP contribution in [0.15, 0.2) is 30.3 Å². The van der Waals surface area contributed by atoms with Crippen molar-refractivity contribution in [3.63, 3.8) is 0 Å². The monoisotopic (exact) mass is 261 g/mol. The molecule has 1 atom stereocenters. The van der Waals surface area contributed by atoms with Gasteiger partial charge in [0.1, 0.15) is 0 Å². The average molecular weight is 261 g/mol. The lowest BCUT2D eigenvalue weighted by atomic mass is 9.66. The van der Waals surface area contributed by atoms with Crippen LogP contribution in [-0.2, 0) is 0 Å². The Morgan fingerprint density at radius 2 is 1.79 bits per heavy atom. The molecule has 1 N–H and O–H groups in total. The Balaban J connectivity index is 2.30. The van der Waals surface area contributed by atoms with Gasteiger partial charge in [0.05, 0.1) is 0 Å². The molecule has 0 radical (unpaired) electrons. The number of rotatable bonds is 2. The minimum atomic E-state index is -0.357. The van der Waals surface area contributed by atoms with Gasteiger partial charge in [-0.05, 0) is 25.7 Å². The summed E-state index contributed by atoms with van der Waals surface area (Å²) in [4.78, 5) is 12.7. The van der Waals surface area contributed by atoms with Crippen LogP contribution >= 0.6 is 0 Å². The zero-order valence-corrected chi connectivity index (χ0v) is 12.2. The predicted octanol–water partition coefficient (Wildman–Crippen LogP) is 3.39. The second-order valence-corrected chi connectivity index (χ2v) is 6.85. The Bertz CT molecular complexity index is 465. The van der Waals surface area contributed by atoms with Gasteiger partial charge in [0.25, 0.3) is 0 Å². The number of Topliss-reactive ketones (excluding diaryl/α,β-unsaturated/α-hetero) is 1. The molecule has 1 heterocycles. The first-order chi connectivity index (χ1) is 8.74. The Kier molecular flexibility index (Phi) is 3.54. The van der Waals surface area contributed by atoms with Gasteiger partial charge < -0.3 is 5.21 Å². The number of piperidine rings is 1. The van der Waals surface area contributed by atoms with E-state index >= 15 is 0 Å². The first-order valence-electron chi connectivity index (χ1n) is 6.80. The molecule has 1 fully saturated rings. The quantitative estimate of drug-likeness (QED) is 0.830. The number of hydrogen-bond acceptors (Lipinski definition) is 3. The summed E-state index contributed by atoms with van der Waals surface area (Å²) in [5.74, 6) is 0.125. The fourth-order valence-corrected chi connectivity index (χ4v) is 2.84. The molecule has 1 aliphatic rings. The zero-order chi connectivity index (χ0) is 14.3. The fraction of sp³-hybridized carbons (Fsp3) is 0.562. The summed E-state index contributed by atoms with van der Waals surface area (Å²) in [5.41, 5.74) is 0.185. The van der Waals surface area contributed by atoms with Gasteiger partial charge in [0, 0.05) is 23.6 Å². The van der Waals surface area contributed by atoms with Gasteiger partial charge in [-0.3, -0.25) is 4.79 Å². The maximum Gasteiger partial charge on any atom is 0.166 e. The topological polar surface area (TPSA) is 40.5 Å². The molecule has 0 aliphatic carbocycles. The molecule has 104 valence electrons. The lowest BCUT2D eigenvalue weighted by Crippen LogP contribution is -2.57. The van der Waals surface area contributed by atoms with Crippen LogP contribution in [0, 0.1) is 11.3 Å². The van der Waals surface area contributed by atoms with E-state index in [9.17, 15) is 10.0 Å². The molecule has 1 unspecified atom stereocenters. The summed E-state index contributed by atoms with van der Waals surface area (Å²) in [5, 5.41) is 11.4. The maximum atomic E-state index is 12.7. The van der Waals surface area contributed by atoms with Crippen molar-refractivity contribution < 1.29 is 10.0 Å². The third-order valence-corrected chi connectivity index (χ3v) is 4.28. The van der Waals surface area contributed by atoms with E-state index < -0.39 is 0 Å². The Morgan fingerprint density at radius 3 is 2.37 bits per heavy atom. The van der Waals surface area contributed by atoms with E-state index in [0.29, 0.717) is 13.0 Å². The van der Waals surface area contributed by atoms with Crippen LogP contribution in [-0.4, -0.2) is 28.1 Å². The SMILES string of the molecule is CC1(C)CN(O)C(C)(C)CC1C(=O)c1ccccc1. The smallest absolute Gasteiger partial charge is 0.166 e. The van der Waals surface area contributed by atoms with E-state index in [4.69, 9.17) is 0 Å². The molecule has 3 heteroatoms. The van der Waals surface area contributed by atoms with Gasteiger partial charge in [0.2, 0.25) is 0 Å². The zero-order valence-electron chi connectivity index (χ0n) is 12.2. The minimum absolute atomic E-state index is 0.0618. The third-order valence-electron chi connectivity index (χ3n) is 4.28.